The topological polar surface area (TPSA) is 56.2 Å². The number of ether oxygens (including phenoxy) is 1. The van der Waals surface area contributed by atoms with E-state index in [4.69, 9.17) is 9.84 Å². The zero-order valence-corrected chi connectivity index (χ0v) is 23.6. The maximum absolute atomic E-state index is 12.9. The molecule has 0 saturated carbocycles. The van der Waals surface area contributed by atoms with Crippen LogP contribution < -0.4 is 0 Å². The fourth-order valence-corrected chi connectivity index (χ4v) is 4.07. The van der Waals surface area contributed by atoms with Gasteiger partial charge in [0, 0.05) is 50.6 Å². The molecule has 1 aromatic carbocycles. The minimum absolute atomic E-state index is 0.117. The average molecular weight is 496 g/mol. The number of aliphatic hydroxyl groups excluding tert-OH is 1. The Morgan fingerprint density at radius 1 is 1.09 bits per heavy atom. The van der Waals surface area contributed by atoms with Crippen molar-refractivity contribution in [1.82, 2.24) is 14.7 Å². The second-order valence-electron chi connectivity index (χ2n) is 10.9. The number of hydrogen-bond donors (Lipinski definition) is 2. The summed E-state index contributed by atoms with van der Waals surface area (Å²) in [6, 6.07) is 11.3. The highest BCUT2D eigenvalue weighted by Gasteiger charge is 2.37. The average Bonchev–Trinajstić information content (AvgIpc) is 3.11. The number of aliphatic hydroxyl groups is 1. The van der Waals surface area contributed by atoms with E-state index >= 15 is 0 Å². The molecule has 1 N–H and O–H groups in total. The summed E-state index contributed by atoms with van der Waals surface area (Å²) in [5.41, 5.74) is 0.873. The molecule has 0 aromatic heterocycles. The third-order valence-corrected chi connectivity index (χ3v) is 6.29. The van der Waals surface area contributed by atoms with Crippen molar-refractivity contribution in [3.05, 3.63) is 35.9 Å². The molecular weight excluding hydrogens is 446 g/mol. The molecule has 7 heteroatoms. The van der Waals surface area contributed by atoms with E-state index < -0.39 is 5.60 Å². The van der Waals surface area contributed by atoms with Crippen molar-refractivity contribution in [1.29, 1.82) is 0 Å². The Morgan fingerprint density at radius 2 is 1.62 bits per heavy atom. The van der Waals surface area contributed by atoms with Crippen molar-refractivity contribution in [2.24, 2.45) is 11.8 Å². The largest absolute Gasteiger partial charge is 0.444 e. The van der Waals surface area contributed by atoms with Crippen LogP contribution in [0.2, 0.25) is 0 Å². The normalized spacial score (nSPS) is 18.9. The fourth-order valence-electron chi connectivity index (χ4n) is 4.07. The van der Waals surface area contributed by atoms with Crippen molar-refractivity contribution < 1.29 is 14.6 Å². The molecule has 1 aliphatic rings. The Kier molecular flexibility index (Phi) is 13.5. The Morgan fingerprint density at radius 3 is 2.06 bits per heavy atom. The van der Waals surface area contributed by atoms with Crippen LogP contribution in [0.25, 0.3) is 0 Å². The first-order chi connectivity index (χ1) is 15.9. The first kappa shape index (κ1) is 30.8. The van der Waals surface area contributed by atoms with Crippen LogP contribution in [-0.4, -0.2) is 89.2 Å². The summed E-state index contributed by atoms with van der Waals surface area (Å²) in [5.74, 6) is 1.54. The van der Waals surface area contributed by atoms with E-state index in [1.165, 1.54) is 5.56 Å². The van der Waals surface area contributed by atoms with E-state index in [9.17, 15) is 4.79 Å². The van der Waals surface area contributed by atoms with Crippen molar-refractivity contribution in [3.8, 4) is 0 Å². The summed E-state index contributed by atoms with van der Waals surface area (Å²) in [7, 11) is 2.20. The van der Waals surface area contributed by atoms with Gasteiger partial charge < -0.3 is 19.6 Å². The molecule has 196 valence electrons. The highest BCUT2D eigenvalue weighted by Crippen LogP contribution is 2.28. The van der Waals surface area contributed by atoms with E-state index in [2.05, 4.69) is 87.5 Å². The molecule has 0 aliphatic carbocycles. The zero-order valence-electron chi connectivity index (χ0n) is 22.7. The second kappa shape index (κ2) is 15.0. The Hall–Kier alpha value is -1.28. The molecule has 0 bridgehead atoms. The summed E-state index contributed by atoms with van der Waals surface area (Å²) in [5, 5.41) is 7.80. The van der Waals surface area contributed by atoms with E-state index in [0.29, 0.717) is 23.6 Å². The Bertz CT molecular complexity index is 692. The standard InChI is InChI=1S/C25H43N3O2.C2H6OS/c1-19(2)26(8)15-22-16-27(14-21-12-10-9-11-13-21)17-23(22)18-28(20(3)4)24(29)30-25(5,6)7;3-1-2-4/h9-13,19-20,22-23H,14-18H2,1-8H3;3-4H,1-2H2/t22-,23?;/m0./s1. The van der Waals surface area contributed by atoms with Crippen molar-refractivity contribution in [3.63, 3.8) is 0 Å². The summed E-state index contributed by atoms with van der Waals surface area (Å²) in [4.78, 5) is 19.8. The number of carbonyl (C=O) groups is 1. The Balaban J connectivity index is 0.00000133. The number of nitrogens with zero attached hydrogens (tertiary/aromatic N) is 3. The molecule has 1 amide bonds. The number of amides is 1. The van der Waals surface area contributed by atoms with Crippen LogP contribution in [0.1, 0.15) is 54.0 Å². The quantitative estimate of drug-likeness (QED) is 0.489. The summed E-state index contributed by atoms with van der Waals surface area (Å²) in [6.07, 6.45) is -0.199. The predicted octanol–water partition coefficient (Wildman–Crippen LogP) is 4.63. The number of thiol groups is 1. The van der Waals surface area contributed by atoms with Gasteiger partial charge in [-0.1, -0.05) is 30.3 Å². The molecule has 1 saturated heterocycles. The molecule has 0 radical (unpaired) electrons. The summed E-state index contributed by atoms with van der Waals surface area (Å²) in [6.45, 7) is 19.5. The van der Waals surface area contributed by atoms with Crippen molar-refractivity contribution in [2.75, 3.05) is 45.6 Å². The summed E-state index contributed by atoms with van der Waals surface area (Å²) >= 11 is 3.67. The van der Waals surface area contributed by atoms with E-state index in [-0.39, 0.29) is 18.7 Å². The molecule has 1 heterocycles. The lowest BCUT2D eigenvalue weighted by atomic mass is 9.94. The van der Waals surface area contributed by atoms with Gasteiger partial charge in [0.2, 0.25) is 0 Å². The van der Waals surface area contributed by atoms with Crippen LogP contribution in [0.5, 0.6) is 0 Å². The van der Waals surface area contributed by atoms with Gasteiger partial charge in [-0.25, -0.2) is 4.79 Å². The highest BCUT2D eigenvalue weighted by molar-refractivity contribution is 7.80. The van der Waals surface area contributed by atoms with Crippen LogP contribution in [0.4, 0.5) is 4.79 Å². The fraction of sp³-hybridized carbons (Fsp3) is 0.741. The van der Waals surface area contributed by atoms with Crippen molar-refractivity contribution >= 4 is 18.7 Å². The Labute approximate surface area is 214 Å². The lowest BCUT2D eigenvalue weighted by molar-refractivity contribution is 0.0140. The molecule has 1 aromatic rings. The molecule has 1 fully saturated rings. The van der Waals surface area contributed by atoms with E-state index in [0.717, 1.165) is 32.7 Å². The highest BCUT2D eigenvalue weighted by atomic mass is 32.1. The molecule has 34 heavy (non-hydrogen) atoms. The maximum atomic E-state index is 12.9. The van der Waals surface area contributed by atoms with Crippen LogP contribution in [0.15, 0.2) is 30.3 Å². The summed E-state index contributed by atoms with van der Waals surface area (Å²) < 4.78 is 5.71. The molecular formula is C27H49N3O3S. The minimum Gasteiger partial charge on any atom is -0.444 e. The van der Waals surface area contributed by atoms with Crippen LogP contribution in [-0.2, 0) is 11.3 Å². The lowest BCUT2D eigenvalue weighted by Gasteiger charge is -2.34. The molecule has 1 aliphatic heterocycles. The van der Waals surface area contributed by atoms with Gasteiger partial charge in [-0.05, 0) is 72.9 Å². The van der Waals surface area contributed by atoms with Gasteiger partial charge in [0.05, 0.1) is 6.61 Å². The molecule has 0 spiro atoms. The van der Waals surface area contributed by atoms with E-state index in [1.54, 1.807) is 0 Å². The van der Waals surface area contributed by atoms with Gasteiger partial charge in [0.25, 0.3) is 0 Å². The number of likely N-dealkylation sites (tertiary alicyclic amines) is 1. The van der Waals surface area contributed by atoms with Crippen molar-refractivity contribution in [2.45, 2.75) is 72.7 Å². The molecule has 2 atom stereocenters. The van der Waals surface area contributed by atoms with Crippen LogP contribution in [0, 0.1) is 11.8 Å². The van der Waals surface area contributed by atoms with Gasteiger partial charge in [-0.2, -0.15) is 12.6 Å². The number of carbonyl (C=O) groups excluding carboxylic acids is 1. The van der Waals surface area contributed by atoms with Gasteiger partial charge >= 0.3 is 6.09 Å². The number of hydrogen-bond acceptors (Lipinski definition) is 6. The first-order valence-corrected chi connectivity index (χ1v) is 13.2. The van der Waals surface area contributed by atoms with Crippen LogP contribution in [0.3, 0.4) is 0 Å². The maximum Gasteiger partial charge on any atom is 0.410 e. The third-order valence-electron chi connectivity index (χ3n) is 6.09. The second-order valence-corrected chi connectivity index (χ2v) is 11.4. The van der Waals surface area contributed by atoms with Crippen LogP contribution >= 0.6 is 12.6 Å². The number of rotatable bonds is 9. The predicted molar refractivity (Wildman–Crippen MR) is 145 cm³/mol. The van der Waals surface area contributed by atoms with Gasteiger partial charge in [-0.3, -0.25) is 4.90 Å². The van der Waals surface area contributed by atoms with Gasteiger partial charge in [0.15, 0.2) is 0 Å². The van der Waals surface area contributed by atoms with Gasteiger partial charge in [-0.15, -0.1) is 0 Å². The SMILES string of the molecule is CC(C)N(C)C[C@H]1CN(Cc2ccccc2)CC1CN(C(=O)OC(C)(C)C)C(C)C.OCCS. The smallest absolute Gasteiger partial charge is 0.410 e. The van der Waals surface area contributed by atoms with E-state index in [1.807, 2.05) is 25.7 Å². The lowest BCUT2D eigenvalue weighted by Crippen LogP contribution is -2.45. The molecule has 2 rings (SSSR count). The number of benzene rings is 1. The zero-order chi connectivity index (χ0) is 25.9. The minimum atomic E-state index is -0.476. The first-order valence-electron chi connectivity index (χ1n) is 12.6. The van der Waals surface area contributed by atoms with Gasteiger partial charge in [0.1, 0.15) is 5.60 Å². The monoisotopic (exact) mass is 495 g/mol. The molecule has 1 unspecified atom stereocenters. The molecule has 6 nitrogen and oxygen atoms in total. The third kappa shape index (κ3) is 11.4.